The summed E-state index contributed by atoms with van der Waals surface area (Å²) in [6.07, 6.45) is 0. The first-order valence-corrected chi connectivity index (χ1v) is 5.05. The zero-order valence-corrected chi connectivity index (χ0v) is 9.16. The molecule has 0 N–H and O–H groups in total. The van der Waals surface area contributed by atoms with E-state index in [0.29, 0.717) is 12.1 Å². The average Bonchev–Trinajstić information content (AvgIpc) is 2.29. The summed E-state index contributed by atoms with van der Waals surface area (Å²) in [5.41, 5.74) is 0.358. The van der Waals surface area contributed by atoms with Gasteiger partial charge in [-0.3, -0.25) is 4.79 Å². The van der Waals surface area contributed by atoms with Crippen molar-refractivity contribution < 1.29 is 9.13 Å². The van der Waals surface area contributed by atoms with E-state index in [2.05, 4.69) is 0 Å². The molecule has 3 nitrogen and oxygen atoms in total. The molecule has 0 atom stereocenters. The molecular formula is C12H12FNO2. The van der Waals surface area contributed by atoms with E-state index in [4.69, 9.17) is 4.74 Å². The van der Waals surface area contributed by atoms with Crippen LogP contribution < -0.4 is 10.3 Å². The van der Waals surface area contributed by atoms with Gasteiger partial charge in [-0.05, 0) is 25.1 Å². The fourth-order valence-electron chi connectivity index (χ4n) is 1.84. The summed E-state index contributed by atoms with van der Waals surface area (Å²) in [6, 6.07) is 6.12. The molecule has 0 spiro atoms. The fraction of sp³-hybridized carbons (Fsp3) is 0.250. The van der Waals surface area contributed by atoms with E-state index in [1.165, 1.54) is 23.8 Å². The summed E-state index contributed by atoms with van der Waals surface area (Å²) in [7, 11) is 1.40. The van der Waals surface area contributed by atoms with Gasteiger partial charge in [-0.15, -0.1) is 0 Å². The lowest BCUT2D eigenvalue weighted by Gasteiger charge is -2.11. The van der Waals surface area contributed by atoms with Crippen LogP contribution in [0, 0.1) is 5.82 Å². The van der Waals surface area contributed by atoms with Crippen molar-refractivity contribution in [2.45, 2.75) is 13.5 Å². The van der Waals surface area contributed by atoms with Crippen molar-refractivity contribution in [1.82, 2.24) is 4.57 Å². The second kappa shape index (κ2) is 3.96. The summed E-state index contributed by atoms with van der Waals surface area (Å²) >= 11 is 0. The molecule has 0 saturated carbocycles. The highest BCUT2D eigenvalue weighted by Gasteiger charge is 2.11. The number of hydrogen-bond donors (Lipinski definition) is 0. The number of hydrogen-bond acceptors (Lipinski definition) is 2. The van der Waals surface area contributed by atoms with Gasteiger partial charge in [0, 0.05) is 18.0 Å². The van der Waals surface area contributed by atoms with Crippen LogP contribution in [-0.4, -0.2) is 11.7 Å². The maximum absolute atomic E-state index is 13.5. The monoisotopic (exact) mass is 221 g/mol. The van der Waals surface area contributed by atoms with Crippen LogP contribution in [0.3, 0.4) is 0 Å². The minimum atomic E-state index is -0.456. The van der Waals surface area contributed by atoms with Gasteiger partial charge < -0.3 is 9.30 Å². The molecule has 1 heterocycles. The maximum Gasteiger partial charge on any atom is 0.251 e. The highest BCUT2D eigenvalue weighted by atomic mass is 19.1. The van der Waals surface area contributed by atoms with E-state index >= 15 is 0 Å². The lowest BCUT2D eigenvalue weighted by molar-refractivity contribution is 0.389. The molecule has 0 amide bonds. The first kappa shape index (κ1) is 10.7. The minimum absolute atomic E-state index is 0.122. The zero-order chi connectivity index (χ0) is 11.7. The Morgan fingerprint density at radius 1 is 1.31 bits per heavy atom. The van der Waals surface area contributed by atoms with E-state index in [1.54, 1.807) is 12.1 Å². The molecule has 16 heavy (non-hydrogen) atoms. The van der Waals surface area contributed by atoms with Gasteiger partial charge >= 0.3 is 0 Å². The van der Waals surface area contributed by atoms with Crippen molar-refractivity contribution in [1.29, 1.82) is 0 Å². The Morgan fingerprint density at radius 2 is 2.00 bits per heavy atom. The third-order valence-corrected chi connectivity index (χ3v) is 2.58. The maximum atomic E-state index is 13.5. The van der Waals surface area contributed by atoms with E-state index in [0.717, 1.165) is 5.39 Å². The Kier molecular flexibility index (Phi) is 2.64. The standard InChI is InChI=1S/C12H12FNO2/c1-3-14-10(15)7-5-8-4-6-9(13)12(16-2)11(8)14/h4-7H,3H2,1-2H3. The predicted molar refractivity (Wildman–Crippen MR) is 60.4 cm³/mol. The second-order valence-corrected chi connectivity index (χ2v) is 3.43. The number of methoxy groups -OCH3 is 1. The van der Waals surface area contributed by atoms with Gasteiger partial charge in [-0.25, -0.2) is 4.39 Å². The quantitative estimate of drug-likeness (QED) is 0.778. The number of pyridine rings is 1. The molecule has 0 unspecified atom stereocenters. The van der Waals surface area contributed by atoms with Crippen molar-refractivity contribution in [3.05, 3.63) is 40.4 Å². The van der Waals surface area contributed by atoms with Crippen LogP contribution in [0.15, 0.2) is 29.1 Å². The van der Waals surface area contributed by atoms with E-state index in [9.17, 15) is 9.18 Å². The molecule has 0 aliphatic rings. The van der Waals surface area contributed by atoms with Crippen molar-refractivity contribution in [2.24, 2.45) is 0 Å². The molecule has 4 heteroatoms. The van der Waals surface area contributed by atoms with E-state index in [-0.39, 0.29) is 11.3 Å². The van der Waals surface area contributed by atoms with Crippen LogP contribution in [0.1, 0.15) is 6.92 Å². The topological polar surface area (TPSA) is 31.2 Å². The SMILES string of the molecule is CCn1c(=O)ccc2ccc(F)c(OC)c21. The van der Waals surface area contributed by atoms with Gasteiger partial charge in [0.05, 0.1) is 12.6 Å². The highest BCUT2D eigenvalue weighted by Crippen LogP contribution is 2.27. The summed E-state index contributed by atoms with van der Waals surface area (Å²) < 4.78 is 20.0. The van der Waals surface area contributed by atoms with Crippen molar-refractivity contribution in [3.8, 4) is 5.75 Å². The van der Waals surface area contributed by atoms with Crippen LogP contribution in [0.5, 0.6) is 5.75 Å². The number of fused-ring (bicyclic) bond motifs is 1. The lowest BCUT2D eigenvalue weighted by Crippen LogP contribution is -2.18. The Labute approximate surface area is 92.1 Å². The zero-order valence-electron chi connectivity index (χ0n) is 9.16. The molecule has 2 rings (SSSR count). The molecule has 1 aromatic heterocycles. The normalized spacial score (nSPS) is 10.7. The van der Waals surface area contributed by atoms with Crippen LogP contribution >= 0.6 is 0 Å². The Balaban J connectivity index is 2.98. The lowest BCUT2D eigenvalue weighted by atomic mass is 10.2. The molecule has 0 bridgehead atoms. The molecule has 2 aromatic rings. The van der Waals surface area contributed by atoms with Gasteiger partial charge in [0.25, 0.3) is 5.56 Å². The third kappa shape index (κ3) is 1.46. The number of aromatic nitrogens is 1. The molecule has 0 radical (unpaired) electrons. The van der Waals surface area contributed by atoms with Gasteiger partial charge in [0.15, 0.2) is 11.6 Å². The number of halogens is 1. The smallest absolute Gasteiger partial charge is 0.251 e. The molecule has 84 valence electrons. The number of nitrogens with zero attached hydrogens (tertiary/aromatic N) is 1. The number of rotatable bonds is 2. The Bertz CT molecular complexity index is 589. The van der Waals surface area contributed by atoms with E-state index < -0.39 is 5.82 Å². The molecule has 0 aliphatic heterocycles. The van der Waals surface area contributed by atoms with Gasteiger partial charge in [-0.2, -0.15) is 0 Å². The van der Waals surface area contributed by atoms with Crippen LogP contribution in [0.4, 0.5) is 4.39 Å². The molecule has 0 aliphatic carbocycles. The first-order chi connectivity index (χ1) is 7.69. The number of benzene rings is 1. The average molecular weight is 221 g/mol. The predicted octanol–water partition coefficient (Wildman–Crippen LogP) is 2.17. The highest BCUT2D eigenvalue weighted by molar-refractivity contribution is 5.85. The van der Waals surface area contributed by atoms with Gasteiger partial charge in [0.2, 0.25) is 0 Å². The second-order valence-electron chi connectivity index (χ2n) is 3.43. The summed E-state index contributed by atoms with van der Waals surface area (Å²) in [5.74, 6) is -0.333. The van der Waals surface area contributed by atoms with Crippen LogP contribution in [0.2, 0.25) is 0 Å². The molecular weight excluding hydrogens is 209 g/mol. The van der Waals surface area contributed by atoms with Crippen molar-refractivity contribution in [2.75, 3.05) is 7.11 Å². The Morgan fingerprint density at radius 3 is 2.62 bits per heavy atom. The van der Waals surface area contributed by atoms with Gasteiger partial charge in [-0.1, -0.05) is 0 Å². The largest absolute Gasteiger partial charge is 0.492 e. The molecule has 1 aromatic carbocycles. The summed E-state index contributed by atoms with van der Waals surface area (Å²) in [5, 5.41) is 0.791. The summed E-state index contributed by atoms with van der Waals surface area (Å²) in [6.45, 7) is 2.32. The van der Waals surface area contributed by atoms with Crippen molar-refractivity contribution >= 4 is 10.9 Å². The summed E-state index contributed by atoms with van der Waals surface area (Å²) in [4.78, 5) is 11.6. The fourth-order valence-corrected chi connectivity index (χ4v) is 1.84. The Hall–Kier alpha value is -1.84. The van der Waals surface area contributed by atoms with E-state index in [1.807, 2.05) is 6.92 Å². The molecule has 0 fully saturated rings. The van der Waals surface area contributed by atoms with Crippen LogP contribution in [-0.2, 0) is 6.54 Å². The molecule has 0 saturated heterocycles. The first-order valence-electron chi connectivity index (χ1n) is 5.05. The minimum Gasteiger partial charge on any atom is -0.492 e. The van der Waals surface area contributed by atoms with Gasteiger partial charge in [0.1, 0.15) is 0 Å². The third-order valence-electron chi connectivity index (χ3n) is 2.58. The number of aryl methyl sites for hydroxylation is 1. The van der Waals surface area contributed by atoms with Crippen molar-refractivity contribution in [3.63, 3.8) is 0 Å². The number of ether oxygens (including phenoxy) is 1. The van der Waals surface area contributed by atoms with Crippen LogP contribution in [0.25, 0.3) is 10.9 Å².